The number of halogens is 1. The number of aryl methyl sites for hydroxylation is 2. The Bertz CT molecular complexity index is 1150. The summed E-state index contributed by atoms with van der Waals surface area (Å²) < 4.78 is 5.77. The summed E-state index contributed by atoms with van der Waals surface area (Å²) >= 11 is 5.99. The number of nitrogens with one attached hydrogen (secondary N) is 1. The molecule has 4 aromatic rings. The highest BCUT2D eigenvalue weighted by Crippen LogP contribution is 2.27. The highest BCUT2D eigenvalue weighted by atomic mass is 35.5. The molecule has 0 aliphatic heterocycles. The molecule has 1 amide bonds. The predicted octanol–water partition coefficient (Wildman–Crippen LogP) is 6.02. The van der Waals surface area contributed by atoms with E-state index >= 15 is 0 Å². The molecule has 0 bridgehead atoms. The van der Waals surface area contributed by atoms with Gasteiger partial charge in [0.25, 0.3) is 5.91 Å². The molecule has 0 atom stereocenters. The van der Waals surface area contributed by atoms with Crippen LogP contribution in [0.3, 0.4) is 0 Å². The third-order valence-corrected chi connectivity index (χ3v) is 4.60. The van der Waals surface area contributed by atoms with Crippen molar-refractivity contribution in [2.24, 2.45) is 0 Å². The van der Waals surface area contributed by atoms with Crippen molar-refractivity contribution in [1.82, 2.24) is 4.98 Å². The number of carbonyl (C=O) groups is 1. The summed E-state index contributed by atoms with van der Waals surface area (Å²) in [6, 6.07) is 18.5. The molecule has 27 heavy (non-hydrogen) atoms. The number of fused-ring (bicyclic) bond motifs is 1. The zero-order valence-corrected chi connectivity index (χ0v) is 15.7. The summed E-state index contributed by atoms with van der Waals surface area (Å²) in [5.74, 6) is 0.385. The van der Waals surface area contributed by atoms with Gasteiger partial charge in [-0.25, -0.2) is 4.98 Å². The second kappa shape index (κ2) is 6.89. The zero-order chi connectivity index (χ0) is 19.0. The molecule has 0 spiro atoms. The van der Waals surface area contributed by atoms with Gasteiger partial charge < -0.3 is 9.73 Å². The van der Waals surface area contributed by atoms with Crippen LogP contribution in [0, 0.1) is 13.8 Å². The molecule has 1 heterocycles. The van der Waals surface area contributed by atoms with Crippen LogP contribution < -0.4 is 5.32 Å². The summed E-state index contributed by atoms with van der Waals surface area (Å²) in [5, 5.41) is 3.54. The average Bonchev–Trinajstić information content (AvgIpc) is 3.05. The van der Waals surface area contributed by atoms with Gasteiger partial charge in [0.15, 0.2) is 5.58 Å². The fraction of sp³-hybridized carbons (Fsp3) is 0.0909. The average molecular weight is 377 g/mol. The molecule has 0 fully saturated rings. The number of aromatic nitrogens is 1. The predicted molar refractivity (Wildman–Crippen MR) is 108 cm³/mol. The van der Waals surface area contributed by atoms with Crippen LogP contribution in [-0.4, -0.2) is 10.9 Å². The second-order valence-corrected chi connectivity index (χ2v) is 6.92. The SMILES string of the molecule is Cc1ccc(C(=O)Nc2ccc(-c3nc4cc(Cl)ccc4o3)cc2)c(C)c1. The Morgan fingerprint density at radius 3 is 2.52 bits per heavy atom. The molecule has 4 rings (SSSR count). The summed E-state index contributed by atoms with van der Waals surface area (Å²) in [7, 11) is 0. The molecule has 3 aromatic carbocycles. The normalized spacial score (nSPS) is 10.9. The minimum Gasteiger partial charge on any atom is -0.436 e. The number of oxazole rings is 1. The van der Waals surface area contributed by atoms with Gasteiger partial charge in [0.2, 0.25) is 5.89 Å². The molecule has 4 nitrogen and oxygen atoms in total. The quantitative estimate of drug-likeness (QED) is 0.475. The maximum absolute atomic E-state index is 12.5. The molecular weight excluding hydrogens is 360 g/mol. The third kappa shape index (κ3) is 3.57. The van der Waals surface area contributed by atoms with E-state index in [9.17, 15) is 4.79 Å². The summed E-state index contributed by atoms with van der Waals surface area (Å²) in [6.45, 7) is 3.94. The topological polar surface area (TPSA) is 55.1 Å². The number of nitrogens with zero attached hydrogens (tertiary/aromatic N) is 1. The lowest BCUT2D eigenvalue weighted by molar-refractivity contribution is 0.102. The third-order valence-electron chi connectivity index (χ3n) is 4.37. The van der Waals surface area contributed by atoms with E-state index in [-0.39, 0.29) is 5.91 Å². The lowest BCUT2D eigenvalue weighted by Crippen LogP contribution is -2.13. The first kappa shape index (κ1) is 17.3. The Hall–Kier alpha value is -3.11. The van der Waals surface area contributed by atoms with Gasteiger partial charge in [-0.2, -0.15) is 0 Å². The molecular formula is C22H17ClN2O2. The van der Waals surface area contributed by atoms with Crippen LogP contribution in [0.25, 0.3) is 22.6 Å². The Labute approximate surface area is 161 Å². The summed E-state index contributed by atoms with van der Waals surface area (Å²) in [5.41, 5.74) is 5.68. The van der Waals surface area contributed by atoms with Crippen molar-refractivity contribution in [2.45, 2.75) is 13.8 Å². The molecule has 0 aliphatic rings. The Kier molecular flexibility index (Phi) is 4.42. The lowest BCUT2D eigenvalue weighted by atomic mass is 10.1. The number of hydrogen-bond acceptors (Lipinski definition) is 3. The first-order chi connectivity index (χ1) is 13.0. The van der Waals surface area contributed by atoms with Gasteiger partial charge in [-0.15, -0.1) is 0 Å². The maximum atomic E-state index is 12.5. The monoisotopic (exact) mass is 376 g/mol. The minimum absolute atomic E-state index is 0.128. The zero-order valence-electron chi connectivity index (χ0n) is 14.9. The van der Waals surface area contributed by atoms with Crippen molar-refractivity contribution in [1.29, 1.82) is 0 Å². The van der Waals surface area contributed by atoms with Crippen molar-refractivity contribution >= 4 is 34.3 Å². The number of carbonyl (C=O) groups excluding carboxylic acids is 1. The van der Waals surface area contributed by atoms with E-state index in [4.69, 9.17) is 16.0 Å². The fourth-order valence-corrected chi connectivity index (χ4v) is 3.15. The van der Waals surface area contributed by atoms with Gasteiger partial charge in [-0.1, -0.05) is 29.3 Å². The van der Waals surface area contributed by atoms with E-state index in [0.29, 0.717) is 33.3 Å². The van der Waals surface area contributed by atoms with Gasteiger partial charge in [0.05, 0.1) is 0 Å². The van der Waals surface area contributed by atoms with Crippen LogP contribution in [0.5, 0.6) is 0 Å². The van der Waals surface area contributed by atoms with Gasteiger partial charge in [-0.3, -0.25) is 4.79 Å². The standard InChI is InChI=1S/C22H17ClN2O2/c1-13-3-9-18(14(2)11-13)21(26)24-17-7-4-15(5-8-17)22-25-19-12-16(23)6-10-20(19)27-22/h3-12H,1-2H3,(H,24,26). The Morgan fingerprint density at radius 1 is 1.00 bits per heavy atom. The molecule has 0 saturated heterocycles. The van der Waals surface area contributed by atoms with Crippen molar-refractivity contribution < 1.29 is 9.21 Å². The molecule has 134 valence electrons. The molecule has 1 aromatic heterocycles. The van der Waals surface area contributed by atoms with Gasteiger partial charge >= 0.3 is 0 Å². The van der Waals surface area contributed by atoms with Crippen LogP contribution in [0.1, 0.15) is 21.5 Å². The van der Waals surface area contributed by atoms with Gasteiger partial charge in [-0.05, 0) is 67.9 Å². The molecule has 0 saturated carbocycles. The smallest absolute Gasteiger partial charge is 0.255 e. The van der Waals surface area contributed by atoms with Crippen LogP contribution in [0.4, 0.5) is 5.69 Å². The highest BCUT2D eigenvalue weighted by Gasteiger charge is 2.11. The van der Waals surface area contributed by atoms with Crippen LogP contribution in [-0.2, 0) is 0 Å². The van der Waals surface area contributed by atoms with Crippen molar-refractivity contribution in [3.63, 3.8) is 0 Å². The number of rotatable bonds is 3. The van der Waals surface area contributed by atoms with E-state index in [1.54, 1.807) is 18.2 Å². The Morgan fingerprint density at radius 2 is 1.78 bits per heavy atom. The fourth-order valence-electron chi connectivity index (χ4n) is 2.99. The first-order valence-corrected chi connectivity index (χ1v) is 8.92. The molecule has 5 heteroatoms. The van der Waals surface area contributed by atoms with E-state index in [1.165, 1.54) is 0 Å². The number of benzene rings is 3. The van der Waals surface area contributed by atoms with Crippen molar-refractivity contribution in [3.8, 4) is 11.5 Å². The van der Waals surface area contributed by atoms with Crippen molar-refractivity contribution in [3.05, 3.63) is 82.4 Å². The second-order valence-electron chi connectivity index (χ2n) is 6.48. The molecule has 0 radical (unpaired) electrons. The highest BCUT2D eigenvalue weighted by molar-refractivity contribution is 6.31. The van der Waals surface area contributed by atoms with E-state index in [1.807, 2.05) is 56.3 Å². The van der Waals surface area contributed by atoms with E-state index in [0.717, 1.165) is 16.7 Å². The number of hydrogen-bond donors (Lipinski definition) is 1. The number of anilines is 1. The van der Waals surface area contributed by atoms with Crippen LogP contribution in [0.15, 0.2) is 65.1 Å². The maximum Gasteiger partial charge on any atom is 0.255 e. The molecule has 0 unspecified atom stereocenters. The largest absolute Gasteiger partial charge is 0.436 e. The summed E-state index contributed by atoms with van der Waals surface area (Å²) in [4.78, 5) is 17.0. The molecule has 0 aliphatic carbocycles. The van der Waals surface area contributed by atoms with Crippen LogP contribution >= 0.6 is 11.6 Å². The molecule has 1 N–H and O–H groups in total. The van der Waals surface area contributed by atoms with E-state index in [2.05, 4.69) is 10.3 Å². The van der Waals surface area contributed by atoms with Crippen LogP contribution in [0.2, 0.25) is 5.02 Å². The lowest BCUT2D eigenvalue weighted by Gasteiger charge is -2.08. The van der Waals surface area contributed by atoms with Crippen molar-refractivity contribution in [2.75, 3.05) is 5.32 Å². The Balaban J connectivity index is 1.55. The minimum atomic E-state index is -0.128. The first-order valence-electron chi connectivity index (χ1n) is 8.55. The van der Waals surface area contributed by atoms with E-state index < -0.39 is 0 Å². The number of amides is 1. The van der Waals surface area contributed by atoms with Gasteiger partial charge in [0.1, 0.15) is 5.52 Å². The summed E-state index contributed by atoms with van der Waals surface area (Å²) in [6.07, 6.45) is 0. The van der Waals surface area contributed by atoms with Gasteiger partial charge in [0, 0.05) is 21.8 Å².